The number of hydrogen-bond acceptors (Lipinski definition) is 2. The van der Waals surface area contributed by atoms with Gasteiger partial charge in [-0.05, 0) is 42.0 Å². The maximum atomic E-state index is 5.49. The van der Waals surface area contributed by atoms with E-state index < -0.39 is 0 Å². The molecule has 1 N–H and O–H groups in total. The first-order valence-electron chi connectivity index (χ1n) is 7.13. The summed E-state index contributed by atoms with van der Waals surface area (Å²) in [4.78, 5) is 0. The predicted molar refractivity (Wildman–Crippen MR) is 75.4 cm³/mol. The molecule has 0 spiro atoms. The van der Waals surface area contributed by atoms with Gasteiger partial charge < -0.3 is 10.1 Å². The molecule has 1 aliphatic rings. The van der Waals surface area contributed by atoms with Gasteiger partial charge in [0.25, 0.3) is 0 Å². The molecule has 0 bridgehead atoms. The summed E-state index contributed by atoms with van der Waals surface area (Å²) in [5.41, 5.74) is 4.15. The molecule has 0 radical (unpaired) electrons. The quantitative estimate of drug-likeness (QED) is 0.825. The second kappa shape index (κ2) is 6.35. The van der Waals surface area contributed by atoms with Crippen molar-refractivity contribution < 1.29 is 4.74 Å². The van der Waals surface area contributed by atoms with Gasteiger partial charge in [0.05, 0.1) is 13.2 Å². The minimum absolute atomic E-state index is 0.489. The molecule has 1 unspecified atom stereocenters. The molecule has 0 saturated heterocycles. The van der Waals surface area contributed by atoms with Crippen LogP contribution in [0.15, 0.2) is 18.2 Å². The SMILES string of the molecule is CCNC(CCC(C)C)c1ccc2c(c1)COC2. The van der Waals surface area contributed by atoms with E-state index in [0.29, 0.717) is 6.04 Å². The topological polar surface area (TPSA) is 21.3 Å². The third-order valence-corrected chi connectivity index (χ3v) is 3.63. The van der Waals surface area contributed by atoms with Crippen LogP contribution < -0.4 is 5.32 Å². The van der Waals surface area contributed by atoms with E-state index in [4.69, 9.17) is 4.74 Å². The summed E-state index contributed by atoms with van der Waals surface area (Å²) in [7, 11) is 0. The summed E-state index contributed by atoms with van der Waals surface area (Å²) in [6.07, 6.45) is 2.48. The number of benzene rings is 1. The standard InChI is InChI=1S/C16H25NO/c1-4-17-16(8-5-12(2)3)13-6-7-14-10-18-11-15(14)9-13/h6-7,9,12,16-17H,4-5,8,10-11H2,1-3H3. The van der Waals surface area contributed by atoms with Crippen LogP contribution in [0, 0.1) is 5.92 Å². The highest BCUT2D eigenvalue weighted by Crippen LogP contribution is 2.26. The fourth-order valence-corrected chi connectivity index (χ4v) is 2.54. The van der Waals surface area contributed by atoms with Gasteiger partial charge in [0, 0.05) is 6.04 Å². The zero-order chi connectivity index (χ0) is 13.0. The highest BCUT2D eigenvalue weighted by Gasteiger charge is 2.16. The van der Waals surface area contributed by atoms with E-state index in [0.717, 1.165) is 25.7 Å². The van der Waals surface area contributed by atoms with Crippen LogP contribution in [0.5, 0.6) is 0 Å². The van der Waals surface area contributed by atoms with Crippen LogP contribution in [-0.4, -0.2) is 6.54 Å². The van der Waals surface area contributed by atoms with Crippen LogP contribution >= 0.6 is 0 Å². The normalized spacial score (nSPS) is 16.0. The van der Waals surface area contributed by atoms with E-state index in [1.165, 1.54) is 29.5 Å². The van der Waals surface area contributed by atoms with Crippen LogP contribution in [0.4, 0.5) is 0 Å². The molecular formula is C16H25NO. The van der Waals surface area contributed by atoms with E-state index in [1.807, 2.05) is 0 Å². The Morgan fingerprint density at radius 2 is 1.94 bits per heavy atom. The number of hydrogen-bond donors (Lipinski definition) is 1. The molecule has 0 aromatic heterocycles. The van der Waals surface area contributed by atoms with E-state index >= 15 is 0 Å². The van der Waals surface area contributed by atoms with Crippen molar-refractivity contribution in [3.63, 3.8) is 0 Å². The Morgan fingerprint density at radius 1 is 1.17 bits per heavy atom. The van der Waals surface area contributed by atoms with Gasteiger partial charge in [-0.3, -0.25) is 0 Å². The van der Waals surface area contributed by atoms with Crippen LogP contribution in [0.1, 0.15) is 56.3 Å². The Morgan fingerprint density at radius 3 is 2.67 bits per heavy atom. The van der Waals surface area contributed by atoms with Crippen molar-refractivity contribution in [2.75, 3.05) is 6.54 Å². The minimum Gasteiger partial charge on any atom is -0.372 e. The first-order chi connectivity index (χ1) is 8.70. The van der Waals surface area contributed by atoms with E-state index in [2.05, 4.69) is 44.3 Å². The van der Waals surface area contributed by atoms with Gasteiger partial charge in [0.15, 0.2) is 0 Å². The van der Waals surface area contributed by atoms with Gasteiger partial charge in [-0.15, -0.1) is 0 Å². The average Bonchev–Trinajstić information content (AvgIpc) is 2.81. The molecule has 100 valence electrons. The summed E-state index contributed by atoms with van der Waals surface area (Å²) in [6, 6.07) is 7.32. The number of fused-ring (bicyclic) bond motifs is 1. The third-order valence-electron chi connectivity index (χ3n) is 3.63. The number of nitrogens with one attached hydrogen (secondary N) is 1. The Kier molecular flexibility index (Phi) is 4.79. The van der Waals surface area contributed by atoms with E-state index in [1.54, 1.807) is 0 Å². The molecule has 0 saturated carbocycles. The molecule has 2 heteroatoms. The molecule has 2 nitrogen and oxygen atoms in total. The van der Waals surface area contributed by atoms with Crippen molar-refractivity contribution in [2.45, 2.75) is 52.9 Å². The van der Waals surface area contributed by atoms with Crippen molar-refractivity contribution in [3.05, 3.63) is 34.9 Å². The van der Waals surface area contributed by atoms with Crippen LogP contribution in [-0.2, 0) is 18.0 Å². The van der Waals surface area contributed by atoms with Gasteiger partial charge in [-0.2, -0.15) is 0 Å². The van der Waals surface area contributed by atoms with Gasteiger partial charge >= 0.3 is 0 Å². The van der Waals surface area contributed by atoms with Crippen LogP contribution in [0.2, 0.25) is 0 Å². The Bertz CT molecular complexity index is 387. The molecule has 1 aromatic rings. The third kappa shape index (κ3) is 3.33. The predicted octanol–water partition coefficient (Wildman–Crippen LogP) is 3.80. The highest BCUT2D eigenvalue weighted by atomic mass is 16.5. The zero-order valence-corrected chi connectivity index (χ0v) is 11.8. The largest absolute Gasteiger partial charge is 0.372 e. The summed E-state index contributed by atoms with van der Waals surface area (Å²) in [6.45, 7) is 9.36. The second-order valence-electron chi connectivity index (χ2n) is 5.60. The Labute approximate surface area is 111 Å². The van der Waals surface area contributed by atoms with Crippen LogP contribution in [0.3, 0.4) is 0 Å². The molecule has 0 fully saturated rings. The second-order valence-corrected chi connectivity index (χ2v) is 5.60. The van der Waals surface area contributed by atoms with Gasteiger partial charge in [-0.25, -0.2) is 0 Å². The van der Waals surface area contributed by atoms with Crippen molar-refractivity contribution >= 4 is 0 Å². The Hall–Kier alpha value is -0.860. The van der Waals surface area contributed by atoms with Crippen molar-refractivity contribution in [1.82, 2.24) is 5.32 Å². The first-order valence-corrected chi connectivity index (χ1v) is 7.13. The Balaban J connectivity index is 2.09. The lowest BCUT2D eigenvalue weighted by atomic mass is 9.95. The lowest BCUT2D eigenvalue weighted by Crippen LogP contribution is -2.21. The molecule has 1 aromatic carbocycles. The maximum Gasteiger partial charge on any atom is 0.0725 e. The van der Waals surface area contributed by atoms with Gasteiger partial charge in [0.2, 0.25) is 0 Å². The summed E-state index contributed by atoms with van der Waals surface area (Å²) in [5, 5.41) is 3.60. The molecule has 1 atom stereocenters. The number of rotatable bonds is 6. The number of ether oxygens (including phenoxy) is 1. The fraction of sp³-hybridized carbons (Fsp3) is 0.625. The molecule has 0 aliphatic carbocycles. The smallest absolute Gasteiger partial charge is 0.0725 e. The fourth-order valence-electron chi connectivity index (χ4n) is 2.54. The van der Waals surface area contributed by atoms with Crippen molar-refractivity contribution in [2.24, 2.45) is 5.92 Å². The zero-order valence-electron chi connectivity index (χ0n) is 11.8. The molecule has 18 heavy (non-hydrogen) atoms. The van der Waals surface area contributed by atoms with Crippen molar-refractivity contribution in [1.29, 1.82) is 0 Å². The highest BCUT2D eigenvalue weighted by molar-refractivity contribution is 5.34. The molecule has 1 aliphatic heterocycles. The summed E-state index contributed by atoms with van der Waals surface area (Å²) >= 11 is 0. The molecule has 1 heterocycles. The lowest BCUT2D eigenvalue weighted by Gasteiger charge is -2.20. The summed E-state index contributed by atoms with van der Waals surface area (Å²) in [5.74, 6) is 0.768. The van der Waals surface area contributed by atoms with Gasteiger partial charge in [0.1, 0.15) is 0 Å². The van der Waals surface area contributed by atoms with Gasteiger partial charge in [-0.1, -0.05) is 39.0 Å². The molecular weight excluding hydrogens is 222 g/mol. The maximum absolute atomic E-state index is 5.49. The average molecular weight is 247 g/mol. The van der Waals surface area contributed by atoms with Crippen molar-refractivity contribution in [3.8, 4) is 0 Å². The monoisotopic (exact) mass is 247 g/mol. The van der Waals surface area contributed by atoms with E-state index in [-0.39, 0.29) is 0 Å². The summed E-state index contributed by atoms with van der Waals surface area (Å²) < 4.78 is 5.49. The lowest BCUT2D eigenvalue weighted by molar-refractivity contribution is 0.134. The minimum atomic E-state index is 0.489. The molecule has 0 amide bonds. The van der Waals surface area contributed by atoms with E-state index in [9.17, 15) is 0 Å². The first kappa shape index (κ1) is 13.6. The molecule has 2 rings (SSSR count). The van der Waals surface area contributed by atoms with Crippen LogP contribution in [0.25, 0.3) is 0 Å².